The average Bonchev–Trinajstić information content (AvgIpc) is 3.71. The molecule has 3 aliphatic heterocycles. The smallest absolute Gasteiger partial charge is 0.395 e. The Bertz CT molecular complexity index is 2160. The van der Waals surface area contributed by atoms with E-state index in [2.05, 4.69) is 45.0 Å². The summed E-state index contributed by atoms with van der Waals surface area (Å²) in [5, 5.41) is 33.4. The maximum atomic E-state index is 12.7. The number of aromatic nitrogens is 6. The highest BCUT2D eigenvalue weighted by Crippen LogP contribution is 2.67. The van der Waals surface area contributed by atoms with E-state index in [0.717, 1.165) is 0 Å². The van der Waals surface area contributed by atoms with Crippen LogP contribution in [-0.4, -0.2) is 129 Å². The largest absolute Gasteiger partial charge is 0.490 e. The minimum absolute atomic E-state index is 0.0211. The quantitative estimate of drug-likeness (QED) is 0.0563. The first-order chi connectivity index (χ1) is 25.3. The van der Waals surface area contributed by atoms with Gasteiger partial charge in [-0.25, -0.2) is 23.2 Å². The van der Waals surface area contributed by atoms with Crippen LogP contribution in [-0.2, 0) is 47.9 Å². The number of hydrogen-bond donors (Lipinski definition) is 10. The number of phosphoric acid groups is 3. The summed E-state index contributed by atoms with van der Waals surface area (Å²) in [4.78, 5) is 59.3. The van der Waals surface area contributed by atoms with Crippen molar-refractivity contribution < 1.29 is 75.4 Å². The lowest BCUT2D eigenvalue weighted by Crippen LogP contribution is -2.56. The molecule has 298 valence electrons. The third kappa shape index (κ3) is 8.66. The normalized spacial score (nSPS) is 28.2. The fourth-order valence-corrected chi connectivity index (χ4v) is 9.47. The van der Waals surface area contributed by atoms with Gasteiger partial charge < -0.3 is 56.3 Å². The zero-order chi connectivity index (χ0) is 39.3. The highest BCUT2D eigenvalue weighted by Gasteiger charge is 2.48. The highest BCUT2D eigenvalue weighted by atomic mass is 31.3. The number of nitrogen functional groups attached to an aromatic ring is 1. The number of rotatable bonds is 14. The van der Waals surface area contributed by atoms with Crippen LogP contribution >= 0.6 is 23.5 Å². The zero-order valence-electron chi connectivity index (χ0n) is 28.0. The van der Waals surface area contributed by atoms with E-state index in [1.165, 1.54) is 26.4 Å². The first-order valence-electron chi connectivity index (χ1n) is 15.6. The number of aliphatic imine (C=N–C) groups is 1. The first kappa shape index (κ1) is 40.2. The van der Waals surface area contributed by atoms with Crippen molar-refractivity contribution in [3.8, 4) is 0 Å². The Labute approximate surface area is 302 Å². The minimum atomic E-state index is -5.91. The number of aryl methyl sites for hydroxylation is 1. The number of aromatic amines is 1. The monoisotopic (exact) mass is 828 g/mol. The van der Waals surface area contributed by atoms with Crippen molar-refractivity contribution >= 4 is 58.1 Å². The number of phosphoric ester groups is 2. The van der Waals surface area contributed by atoms with Crippen molar-refractivity contribution in [1.29, 1.82) is 0 Å². The fourth-order valence-electron chi connectivity index (χ4n) is 5.93. The number of aliphatic hydroxyl groups excluding tert-OH is 3. The number of morpholine rings is 1. The predicted octanol–water partition coefficient (Wildman–Crippen LogP) is -3.27. The molecule has 6 rings (SSSR count). The Hall–Kier alpha value is -3.46. The maximum absolute atomic E-state index is 12.7. The van der Waals surface area contributed by atoms with E-state index in [9.17, 15) is 48.5 Å². The van der Waals surface area contributed by atoms with Gasteiger partial charge in [-0.2, -0.15) is 13.6 Å². The van der Waals surface area contributed by atoms with E-state index in [0.29, 0.717) is 0 Å². The Balaban J connectivity index is 1.05. The van der Waals surface area contributed by atoms with Gasteiger partial charge >= 0.3 is 29.1 Å². The predicted molar refractivity (Wildman–Crippen MR) is 179 cm³/mol. The van der Waals surface area contributed by atoms with Crippen LogP contribution in [0.5, 0.6) is 0 Å². The van der Waals surface area contributed by atoms with Gasteiger partial charge in [-0.15, -0.1) is 0 Å². The van der Waals surface area contributed by atoms with Crippen LogP contribution in [0.15, 0.2) is 29.0 Å². The van der Waals surface area contributed by atoms with E-state index < -0.39 is 79.1 Å². The molecule has 6 heterocycles. The minimum Gasteiger partial charge on any atom is -0.395 e. The summed E-state index contributed by atoms with van der Waals surface area (Å²) in [5.74, 6) is -0.106. The van der Waals surface area contributed by atoms with E-state index in [1.54, 1.807) is 11.9 Å². The topological polar surface area (TPSA) is 380 Å². The van der Waals surface area contributed by atoms with E-state index in [1.807, 2.05) is 0 Å². The number of hydrogen-bond acceptors (Lipinski definition) is 20. The number of imidazole rings is 2. The molecule has 2 saturated heterocycles. The van der Waals surface area contributed by atoms with Crippen LogP contribution < -0.4 is 26.9 Å². The second-order valence-electron chi connectivity index (χ2n) is 12.1. The number of fused-ring (bicyclic) bond motifs is 2. The lowest BCUT2D eigenvalue weighted by molar-refractivity contribution is -0.747. The molecule has 3 aromatic heterocycles. The molecule has 54 heavy (non-hydrogen) atoms. The number of H-pyrrole nitrogens is 1. The fraction of sp³-hybridized carbons (Fsp3) is 0.542. The standard InChI is InChI=1S/C24H36N11O16P3/c1-11-15-19(29-23(25)28-11)34(9-27-15)22-18(38)17(37)13(49-22)8-47-53(42,43)51-54(44,45)50-52(40,41)46-7-12-5-33(3-4-36)6-14(48-12)35-10-32(2)16-20(35)30-24(26)31-21(16)39/h9-10,12-14,17-18,22,36-38H,1,3-8H2,2H3,(H8-,25,26,28,29,30,31,39,40,41,42,43,44,45)/p+1/t12-,13?,14?,17+,18+,22+/m0/s1. The molecule has 0 saturated carbocycles. The van der Waals surface area contributed by atoms with Crippen LogP contribution in [0.4, 0.5) is 11.8 Å². The van der Waals surface area contributed by atoms with E-state index in [-0.39, 0.29) is 66.5 Å². The molecule has 30 heteroatoms. The van der Waals surface area contributed by atoms with Crippen LogP contribution in [0.1, 0.15) is 18.1 Å². The zero-order valence-corrected chi connectivity index (χ0v) is 30.6. The first-order valence-corrected chi connectivity index (χ1v) is 20.1. The van der Waals surface area contributed by atoms with Crippen LogP contribution in [0, 0.1) is 0 Å². The second-order valence-corrected chi connectivity index (χ2v) is 16.7. The summed E-state index contributed by atoms with van der Waals surface area (Å²) in [6.45, 7) is 2.00. The van der Waals surface area contributed by atoms with Crippen molar-refractivity contribution in [2.75, 3.05) is 45.2 Å². The number of nitrogens with two attached hydrogens (primary N) is 2. The molecular weight excluding hydrogens is 791 g/mol. The van der Waals surface area contributed by atoms with Crippen LogP contribution in [0.3, 0.4) is 0 Å². The van der Waals surface area contributed by atoms with Crippen LogP contribution in [0.25, 0.3) is 16.9 Å². The van der Waals surface area contributed by atoms with Crippen molar-refractivity contribution in [3.05, 3.63) is 35.3 Å². The Kier molecular flexibility index (Phi) is 11.3. The SMILES string of the molecule is C=C1NC(N)=Nc2c1ncn2[C@@H]1OC(COP(=O)(O)OP(=O)(O)OP(=O)(O)OC[C@@H]2CN(CCO)CC([n+]3cn(C)c4c(=O)[nH]c(N)nc43)O2)[C@@H](O)[C@H]1O. The molecule has 2 fully saturated rings. The number of β-amino-alcohol motifs (C(OH)–C–C–N with tert-alkyl or cyclic N) is 1. The summed E-state index contributed by atoms with van der Waals surface area (Å²) in [5.41, 5.74) is 11.8. The molecule has 5 unspecified atom stereocenters. The number of anilines is 1. The molecule has 3 aliphatic rings. The van der Waals surface area contributed by atoms with Gasteiger partial charge in [0, 0.05) is 13.1 Å². The van der Waals surface area contributed by atoms with Gasteiger partial charge in [-0.3, -0.25) is 32.9 Å². The molecule has 0 radical (unpaired) electrons. The molecule has 0 aliphatic carbocycles. The number of nitrogens with zero attached hydrogens (tertiary/aromatic N) is 7. The van der Waals surface area contributed by atoms with E-state index in [4.69, 9.17) is 25.5 Å². The molecule has 0 aromatic carbocycles. The van der Waals surface area contributed by atoms with Crippen molar-refractivity contribution in [2.45, 2.75) is 36.9 Å². The van der Waals surface area contributed by atoms with Gasteiger partial charge in [0.2, 0.25) is 5.52 Å². The lowest BCUT2D eigenvalue weighted by atomic mass is 10.1. The molecule has 3 aromatic rings. The van der Waals surface area contributed by atoms with Crippen molar-refractivity contribution in [3.63, 3.8) is 0 Å². The third-order valence-electron chi connectivity index (χ3n) is 8.15. The summed E-state index contributed by atoms with van der Waals surface area (Å²) in [6, 6.07) is 0. The molecule has 12 N–H and O–H groups in total. The third-order valence-corrected chi connectivity index (χ3v) is 12.4. The molecule has 0 spiro atoms. The summed E-state index contributed by atoms with van der Waals surface area (Å²) in [7, 11) is -15.5. The average molecular weight is 829 g/mol. The van der Waals surface area contributed by atoms with Gasteiger partial charge in [-0.1, -0.05) is 11.6 Å². The summed E-state index contributed by atoms with van der Waals surface area (Å²) >= 11 is 0. The number of ether oxygens (including phenoxy) is 2. The second kappa shape index (κ2) is 15.2. The lowest BCUT2D eigenvalue weighted by Gasteiger charge is -2.36. The summed E-state index contributed by atoms with van der Waals surface area (Å²) < 4.78 is 71.5. The Morgan fingerprint density at radius 3 is 2.43 bits per heavy atom. The van der Waals surface area contributed by atoms with Gasteiger partial charge in [0.1, 0.15) is 24.0 Å². The molecule has 0 bridgehead atoms. The van der Waals surface area contributed by atoms with E-state index >= 15 is 0 Å². The van der Waals surface area contributed by atoms with Gasteiger partial charge in [0.05, 0.1) is 51.5 Å². The van der Waals surface area contributed by atoms with Crippen molar-refractivity contribution in [2.24, 2.45) is 17.8 Å². The van der Waals surface area contributed by atoms with Crippen molar-refractivity contribution in [1.82, 2.24) is 34.3 Å². The molecule has 0 amide bonds. The molecular formula is C24H37N11O16P3+. The number of guanidine groups is 1. The van der Waals surface area contributed by atoms with Gasteiger partial charge in [0.15, 0.2) is 30.6 Å². The Morgan fingerprint density at radius 2 is 1.74 bits per heavy atom. The van der Waals surface area contributed by atoms with Gasteiger partial charge in [-0.05, 0) is 0 Å². The Morgan fingerprint density at radius 1 is 1.06 bits per heavy atom. The maximum Gasteiger partial charge on any atom is 0.490 e. The highest BCUT2D eigenvalue weighted by molar-refractivity contribution is 7.66. The molecule has 27 nitrogen and oxygen atoms in total. The number of aliphatic hydroxyl groups is 3. The van der Waals surface area contributed by atoms with Crippen LogP contribution in [0.2, 0.25) is 0 Å². The summed E-state index contributed by atoms with van der Waals surface area (Å²) in [6.07, 6.45) is -5.55. The van der Waals surface area contributed by atoms with Gasteiger partial charge in [0.25, 0.3) is 11.5 Å². The number of nitrogens with one attached hydrogen (secondary N) is 2. The molecule has 9 atom stereocenters.